The molecule has 2 atom stereocenters. The smallest absolute Gasteiger partial charge is 0.257 e. The van der Waals surface area contributed by atoms with Gasteiger partial charge in [0.1, 0.15) is 5.82 Å². The van der Waals surface area contributed by atoms with E-state index in [-0.39, 0.29) is 16.7 Å². The lowest BCUT2D eigenvalue weighted by molar-refractivity contribution is -0.107. The first-order chi connectivity index (χ1) is 10.8. The number of hydrogen-bond acceptors (Lipinski definition) is 4. The highest BCUT2D eigenvalue weighted by Crippen LogP contribution is 2.62. The SMILES string of the molecule is COC[C@@]12CN(C(=O)c3cccnc3N(C)C)C[C@@H]1C(C)(C)C2. The van der Waals surface area contributed by atoms with Crippen molar-refractivity contribution < 1.29 is 9.53 Å². The van der Waals surface area contributed by atoms with Gasteiger partial charge in [0.2, 0.25) is 0 Å². The van der Waals surface area contributed by atoms with E-state index in [4.69, 9.17) is 4.74 Å². The Bertz CT molecular complexity index is 614. The Balaban J connectivity index is 1.85. The van der Waals surface area contributed by atoms with Gasteiger partial charge < -0.3 is 14.5 Å². The van der Waals surface area contributed by atoms with Crippen molar-refractivity contribution in [2.75, 3.05) is 45.8 Å². The number of carbonyl (C=O) groups is 1. The molecule has 5 nitrogen and oxygen atoms in total. The molecule has 1 saturated heterocycles. The van der Waals surface area contributed by atoms with Gasteiger partial charge in [0, 0.05) is 45.9 Å². The lowest BCUT2D eigenvalue weighted by Gasteiger charge is -2.56. The summed E-state index contributed by atoms with van der Waals surface area (Å²) in [6.07, 6.45) is 2.85. The number of amides is 1. The molecule has 2 fully saturated rings. The summed E-state index contributed by atoms with van der Waals surface area (Å²) < 4.78 is 5.48. The zero-order valence-corrected chi connectivity index (χ0v) is 14.8. The van der Waals surface area contributed by atoms with Gasteiger partial charge in [-0.1, -0.05) is 13.8 Å². The third-order valence-electron chi connectivity index (χ3n) is 5.56. The molecule has 23 heavy (non-hydrogen) atoms. The van der Waals surface area contributed by atoms with Crippen molar-refractivity contribution in [1.29, 1.82) is 0 Å². The standard InChI is InChI=1S/C18H27N3O2/c1-17(2)10-18(12-23-5)11-21(9-14(17)18)16(22)13-7-6-8-19-15(13)20(3)4/h6-8,14H,9-12H2,1-5H3/t14-,18-/m1/s1. The highest BCUT2D eigenvalue weighted by Gasteiger charge is 2.63. The quantitative estimate of drug-likeness (QED) is 0.855. The van der Waals surface area contributed by atoms with Gasteiger partial charge in [0.15, 0.2) is 0 Å². The molecule has 1 amide bonds. The summed E-state index contributed by atoms with van der Waals surface area (Å²) in [4.78, 5) is 21.3. The molecule has 0 radical (unpaired) electrons. The van der Waals surface area contributed by atoms with Crippen LogP contribution in [-0.4, -0.2) is 56.7 Å². The number of hydrogen-bond donors (Lipinski definition) is 0. The molecular weight excluding hydrogens is 290 g/mol. The second-order valence-electron chi connectivity index (χ2n) is 7.97. The van der Waals surface area contributed by atoms with Gasteiger partial charge >= 0.3 is 0 Å². The number of rotatable bonds is 4. The molecule has 1 aromatic rings. The summed E-state index contributed by atoms with van der Waals surface area (Å²) in [5.41, 5.74) is 1.10. The fraction of sp³-hybridized carbons (Fsp3) is 0.667. The van der Waals surface area contributed by atoms with Crippen molar-refractivity contribution in [2.24, 2.45) is 16.7 Å². The maximum Gasteiger partial charge on any atom is 0.257 e. The number of likely N-dealkylation sites (tertiary alicyclic amines) is 1. The summed E-state index contributed by atoms with van der Waals surface area (Å²) in [6.45, 7) is 6.94. The summed E-state index contributed by atoms with van der Waals surface area (Å²) in [7, 11) is 5.59. The average molecular weight is 317 g/mol. The second-order valence-corrected chi connectivity index (χ2v) is 7.97. The summed E-state index contributed by atoms with van der Waals surface area (Å²) in [5.74, 6) is 1.33. The molecule has 0 N–H and O–H groups in total. The van der Waals surface area contributed by atoms with Crippen LogP contribution in [0.4, 0.5) is 5.82 Å². The lowest BCUT2D eigenvalue weighted by Crippen LogP contribution is -2.55. The van der Waals surface area contributed by atoms with E-state index >= 15 is 0 Å². The van der Waals surface area contributed by atoms with Gasteiger partial charge in [-0.15, -0.1) is 0 Å². The zero-order valence-electron chi connectivity index (χ0n) is 14.8. The first-order valence-corrected chi connectivity index (χ1v) is 8.21. The van der Waals surface area contributed by atoms with Crippen LogP contribution in [0.15, 0.2) is 18.3 Å². The Morgan fingerprint density at radius 2 is 2.22 bits per heavy atom. The van der Waals surface area contributed by atoms with Crippen molar-refractivity contribution in [1.82, 2.24) is 9.88 Å². The number of ether oxygens (including phenoxy) is 1. The average Bonchev–Trinajstić information content (AvgIpc) is 2.81. The summed E-state index contributed by atoms with van der Waals surface area (Å²) in [6, 6.07) is 3.71. The van der Waals surface area contributed by atoms with Crippen molar-refractivity contribution in [2.45, 2.75) is 20.3 Å². The van der Waals surface area contributed by atoms with Crippen molar-refractivity contribution in [3.63, 3.8) is 0 Å². The van der Waals surface area contributed by atoms with Gasteiger partial charge in [-0.2, -0.15) is 0 Å². The summed E-state index contributed by atoms with van der Waals surface area (Å²) >= 11 is 0. The molecule has 1 aliphatic heterocycles. The predicted octanol–water partition coefficient (Wildman–Crippen LogP) is 2.28. The molecular formula is C18H27N3O2. The maximum atomic E-state index is 13.1. The number of anilines is 1. The van der Waals surface area contributed by atoms with Gasteiger partial charge in [-0.05, 0) is 29.9 Å². The number of fused-ring (bicyclic) bond motifs is 1. The lowest BCUT2D eigenvalue weighted by atomic mass is 9.48. The van der Waals surface area contributed by atoms with Crippen LogP contribution in [0.25, 0.3) is 0 Å². The fourth-order valence-corrected chi connectivity index (χ4v) is 4.85. The molecule has 0 aromatic carbocycles. The van der Waals surface area contributed by atoms with Crippen molar-refractivity contribution in [3.8, 4) is 0 Å². The van der Waals surface area contributed by atoms with Gasteiger partial charge in [-0.3, -0.25) is 4.79 Å². The Morgan fingerprint density at radius 1 is 1.48 bits per heavy atom. The number of carbonyl (C=O) groups excluding carboxylic acids is 1. The second kappa shape index (κ2) is 5.48. The minimum absolute atomic E-state index is 0.0856. The first-order valence-electron chi connectivity index (χ1n) is 8.21. The van der Waals surface area contributed by atoms with Crippen molar-refractivity contribution >= 4 is 11.7 Å². The fourth-order valence-electron chi connectivity index (χ4n) is 4.85. The Labute approximate surface area is 138 Å². The van der Waals surface area contributed by atoms with E-state index in [2.05, 4.69) is 18.8 Å². The highest BCUT2D eigenvalue weighted by atomic mass is 16.5. The number of aromatic nitrogens is 1. The molecule has 1 aromatic heterocycles. The van der Waals surface area contributed by atoms with Crippen molar-refractivity contribution in [3.05, 3.63) is 23.9 Å². The number of nitrogens with zero attached hydrogens (tertiary/aromatic N) is 3. The van der Waals surface area contributed by atoms with Crippen LogP contribution in [0, 0.1) is 16.7 Å². The molecule has 0 spiro atoms. The minimum Gasteiger partial charge on any atom is -0.384 e. The topological polar surface area (TPSA) is 45.7 Å². The van der Waals surface area contributed by atoms with Crippen LogP contribution >= 0.6 is 0 Å². The first kappa shape index (κ1) is 16.2. The van der Waals surface area contributed by atoms with Gasteiger partial charge in [-0.25, -0.2) is 4.98 Å². The van der Waals surface area contributed by atoms with Crippen LogP contribution in [0.5, 0.6) is 0 Å². The van der Waals surface area contributed by atoms with E-state index in [0.717, 1.165) is 31.9 Å². The molecule has 0 unspecified atom stereocenters. The van der Waals surface area contributed by atoms with Crippen LogP contribution in [0.1, 0.15) is 30.6 Å². The number of methoxy groups -OCH3 is 1. The molecule has 3 rings (SSSR count). The third kappa shape index (κ3) is 2.51. The summed E-state index contributed by atoms with van der Waals surface area (Å²) in [5, 5.41) is 0. The monoisotopic (exact) mass is 317 g/mol. The third-order valence-corrected chi connectivity index (χ3v) is 5.56. The Kier molecular flexibility index (Phi) is 3.87. The van der Waals surface area contributed by atoms with E-state index in [0.29, 0.717) is 11.5 Å². The molecule has 5 heteroatoms. The van der Waals surface area contributed by atoms with E-state index in [1.807, 2.05) is 36.0 Å². The molecule has 1 aliphatic carbocycles. The van der Waals surface area contributed by atoms with Gasteiger partial charge in [0.25, 0.3) is 5.91 Å². The normalized spacial score (nSPS) is 28.2. The van der Waals surface area contributed by atoms with Gasteiger partial charge in [0.05, 0.1) is 12.2 Å². The van der Waals surface area contributed by atoms with Crippen LogP contribution < -0.4 is 4.90 Å². The molecule has 0 bridgehead atoms. The Morgan fingerprint density at radius 3 is 2.83 bits per heavy atom. The molecule has 1 saturated carbocycles. The maximum absolute atomic E-state index is 13.1. The highest BCUT2D eigenvalue weighted by molar-refractivity contribution is 5.99. The molecule has 126 valence electrons. The van der Waals surface area contributed by atoms with Crippen LogP contribution in [-0.2, 0) is 4.74 Å². The number of pyridine rings is 1. The Hall–Kier alpha value is -1.62. The minimum atomic E-state index is 0.0856. The van der Waals surface area contributed by atoms with E-state index in [1.165, 1.54) is 0 Å². The zero-order chi connectivity index (χ0) is 16.8. The predicted molar refractivity (Wildman–Crippen MR) is 90.7 cm³/mol. The molecule has 2 heterocycles. The molecule has 2 aliphatic rings. The van der Waals surface area contributed by atoms with E-state index < -0.39 is 0 Å². The van der Waals surface area contributed by atoms with E-state index in [9.17, 15) is 4.79 Å². The van der Waals surface area contributed by atoms with Crippen LogP contribution in [0.3, 0.4) is 0 Å². The largest absolute Gasteiger partial charge is 0.384 e. The van der Waals surface area contributed by atoms with E-state index in [1.54, 1.807) is 13.3 Å². The van der Waals surface area contributed by atoms with Crippen LogP contribution in [0.2, 0.25) is 0 Å².